The number of nitrogens with one attached hydrogen (secondary N) is 1. The van der Waals surface area contributed by atoms with E-state index in [1.54, 1.807) is 26.0 Å². The molecule has 1 aliphatic rings. The highest BCUT2D eigenvalue weighted by molar-refractivity contribution is 5.80. The highest BCUT2D eigenvalue weighted by Crippen LogP contribution is 2.27. The Labute approximate surface area is 143 Å². The van der Waals surface area contributed by atoms with Crippen molar-refractivity contribution in [2.24, 2.45) is 5.92 Å². The van der Waals surface area contributed by atoms with Gasteiger partial charge in [-0.1, -0.05) is 6.07 Å². The molecule has 132 valence electrons. The van der Waals surface area contributed by atoms with Crippen molar-refractivity contribution in [3.63, 3.8) is 0 Å². The normalized spacial score (nSPS) is 17.3. The minimum Gasteiger partial charge on any atom is -0.493 e. The van der Waals surface area contributed by atoms with E-state index in [4.69, 9.17) is 9.47 Å². The van der Waals surface area contributed by atoms with Crippen molar-refractivity contribution in [1.29, 1.82) is 0 Å². The fourth-order valence-electron chi connectivity index (χ4n) is 2.99. The van der Waals surface area contributed by atoms with Crippen LogP contribution in [0.2, 0.25) is 0 Å². The second-order valence-corrected chi connectivity index (χ2v) is 6.03. The van der Waals surface area contributed by atoms with Gasteiger partial charge in [-0.2, -0.15) is 0 Å². The molecule has 6 nitrogen and oxygen atoms in total. The molecule has 0 aliphatic carbocycles. The van der Waals surface area contributed by atoms with Gasteiger partial charge in [0, 0.05) is 26.6 Å². The van der Waals surface area contributed by atoms with E-state index < -0.39 is 0 Å². The molecule has 0 aromatic heterocycles. The van der Waals surface area contributed by atoms with Crippen molar-refractivity contribution >= 4 is 11.8 Å². The fraction of sp³-hybridized carbons (Fsp3) is 0.556. The summed E-state index contributed by atoms with van der Waals surface area (Å²) in [6.45, 7) is 3.39. The van der Waals surface area contributed by atoms with Gasteiger partial charge in [-0.25, -0.2) is 0 Å². The Balaban J connectivity index is 1.83. The summed E-state index contributed by atoms with van der Waals surface area (Å²) in [6, 6.07) is 5.75. The van der Waals surface area contributed by atoms with E-state index in [0.717, 1.165) is 31.4 Å². The van der Waals surface area contributed by atoms with Gasteiger partial charge in [0.1, 0.15) is 0 Å². The third kappa shape index (κ3) is 4.63. The molecule has 1 fully saturated rings. The zero-order valence-electron chi connectivity index (χ0n) is 14.6. The lowest BCUT2D eigenvalue weighted by Gasteiger charge is -2.31. The van der Waals surface area contributed by atoms with Crippen LogP contribution in [0.15, 0.2) is 18.2 Å². The number of nitrogens with zero attached hydrogens (tertiary/aromatic N) is 1. The van der Waals surface area contributed by atoms with Crippen LogP contribution in [0.4, 0.5) is 0 Å². The molecule has 1 heterocycles. The number of ether oxygens (including phenoxy) is 2. The van der Waals surface area contributed by atoms with Crippen molar-refractivity contribution < 1.29 is 19.1 Å². The Bertz CT molecular complexity index is 588. The zero-order valence-corrected chi connectivity index (χ0v) is 14.6. The summed E-state index contributed by atoms with van der Waals surface area (Å²) in [5, 5.41) is 2.98. The maximum atomic E-state index is 12.3. The zero-order chi connectivity index (χ0) is 17.5. The summed E-state index contributed by atoms with van der Waals surface area (Å²) in [7, 11) is 3.21. The molecule has 1 aromatic carbocycles. The number of hydrogen-bond donors (Lipinski definition) is 1. The van der Waals surface area contributed by atoms with Crippen LogP contribution >= 0.6 is 0 Å². The molecule has 2 amide bonds. The number of benzene rings is 1. The van der Waals surface area contributed by atoms with Gasteiger partial charge < -0.3 is 19.7 Å². The summed E-state index contributed by atoms with van der Waals surface area (Å²) in [5.41, 5.74) is 1.07. The second kappa shape index (κ2) is 8.57. The van der Waals surface area contributed by atoms with Gasteiger partial charge in [-0.3, -0.25) is 9.59 Å². The number of methoxy groups -OCH3 is 2. The monoisotopic (exact) mass is 334 g/mol. The summed E-state index contributed by atoms with van der Waals surface area (Å²) < 4.78 is 10.5. The number of rotatable bonds is 6. The van der Waals surface area contributed by atoms with Crippen molar-refractivity contribution in [3.05, 3.63) is 23.8 Å². The number of amides is 2. The van der Waals surface area contributed by atoms with E-state index in [2.05, 4.69) is 5.32 Å². The van der Waals surface area contributed by atoms with Crippen LogP contribution in [0.5, 0.6) is 11.5 Å². The molecule has 1 aliphatic heterocycles. The average Bonchev–Trinajstić information content (AvgIpc) is 2.61. The van der Waals surface area contributed by atoms with E-state index in [1.165, 1.54) is 0 Å². The summed E-state index contributed by atoms with van der Waals surface area (Å²) >= 11 is 0. The first kappa shape index (κ1) is 18.1. The van der Waals surface area contributed by atoms with Gasteiger partial charge in [0.2, 0.25) is 11.8 Å². The molecule has 0 radical (unpaired) electrons. The Morgan fingerprint density at radius 2 is 2.00 bits per heavy atom. The molecule has 0 unspecified atom stereocenters. The lowest BCUT2D eigenvalue weighted by Crippen LogP contribution is -2.45. The van der Waals surface area contributed by atoms with E-state index in [-0.39, 0.29) is 17.7 Å². The standard InChI is InChI=1S/C18H26N2O4/c1-13(21)20-10-4-5-15(12-20)18(22)19-9-8-14-6-7-16(23-2)17(11-14)24-3/h6-7,11,15H,4-5,8-10,12H2,1-3H3,(H,19,22)/t15-/m1/s1. The summed E-state index contributed by atoms with van der Waals surface area (Å²) in [4.78, 5) is 25.5. The minimum absolute atomic E-state index is 0.0291. The first-order valence-electron chi connectivity index (χ1n) is 8.29. The van der Waals surface area contributed by atoms with Gasteiger partial charge in [0.25, 0.3) is 0 Å². The van der Waals surface area contributed by atoms with Crippen LogP contribution in [0.25, 0.3) is 0 Å². The third-order valence-corrected chi connectivity index (χ3v) is 4.40. The number of carbonyl (C=O) groups excluding carboxylic acids is 2. The molecule has 0 spiro atoms. The van der Waals surface area contributed by atoms with Crippen molar-refractivity contribution in [2.75, 3.05) is 33.9 Å². The topological polar surface area (TPSA) is 67.9 Å². The van der Waals surface area contributed by atoms with Gasteiger partial charge in [0.15, 0.2) is 11.5 Å². The first-order chi connectivity index (χ1) is 11.5. The number of piperidine rings is 1. The molecule has 24 heavy (non-hydrogen) atoms. The highest BCUT2D eigenvalue weighted by atomic mass is 16.5. The molecule has 1 N–H and O–H groups in total. The van der Waals surface area contributed by atoms with Crippen LogP contribution in [-0.2, 0) is 16.0 Å². The van der Waals surface area contributed by atoms with E-state index in [9.17, 15) is 9.59 Å². The molecule has 0 bridgehead atoms. The van der Waals surface area contributed by atoms with Gasteiger partial charge in [0.05, 0.1) is 20.1 Å². The fourth-order valence-corrected chi connectivity index (χ4v) is 2.99. The molecule has 1 aromatic rings. The number of carbonyl (C=O) groups is 2. The molecular formula is C18H26N2O4. The largest absolute Gasteiger partial charge is 0.493 e. The Hall–Kier alpha value is -2.24. The molecule has 1 atom stereocenters. The Morgan fingerprint density at radius 1 is 1.25 bits per heavy atom. The molecule has 1 saturated heterocycles. The predicted octanol–water partition coefficient (Wildman–Crippen LogP) is 1.62. The number of likely N-dealkylation sites (tertiary alicyclic amines) is 1. The smallest absolute Gasteiger partial charge is 0.224 e. The highest BCUT2D eigenvalue weighted by Gasteiger charge is 2.26. The van der Waals surface area contributed by atoms with Gasteiger partial charge in [-0.15, -0.1) is 0 Å². The maximum absolute atomic E-state index is 12.3. The van der Waals surface area contributed by atoms with Crippen LogP contribution < -0.4 is 14.8 Å². The van der Waals surface area contributed by atoms with E-state index in [0.29, 0.717) is 24.6 Å². The average molecular weight is 334 g/mol. The van der Waals surface area contributed by atoms with Crippen LogP contribution in [0.1, 0.15) is 25.3 Å². The van der Waals surface area contributed by atoms with Gasteiger partial charge >= 0.3 is 0 Å². The molecule has 2 rings (SSSR count). The quantitative estimate of drug-likeness (QED) is 0.858. The van der Waals surface area contributed by atoms with Crippen molar-refractivity contribution in [1.82, 2.24) is 10.2 Å². The van der Waals surface area contributed by atoms with E-state index >= 15 is 0 Å². The maximum Gasteiger partial charge on any atom is 0.224 e. The predicted molar refractivity (Wildman–Crippen MR) is 91.2 cm³/mol. The van der Waals surface area contributed by atoms with Gasteiger partial charge in [-0.05, 0) is 37.0 Å². The van der Waals surface area contributed by atoms with Crippen LogP contribution in [0, 0.1) is 5.92 Å². The molecular weight excluding hydrogens is 308 g/mol. The van der Waals surface area contributed by atoms with Crippen molar-refractivity contribution in [3.8, 4) is 11.5 Å². The lowest BCUT2D eigenvalue weighted by molar-refractivity contribution is -0.133. The van der Waals surface area contributed by atoms with Crippen molar-refractivity contribution in [2.45, 2.75) is 26.2 Å². The summed E-state index contributed by atoms with van der Waals surface area (Å²) in [6.07, 6.45) is 2.44. The van der Waals surface area contributed by atoms with Crippen LogP contribution in [0.3, 0.4) is 0 Å². The minimum atomic E-state index is -0.104. The Kier molecular flexibility index (Phi) is 6.46. The first-order valence-corrected chi connectivity index (χ1v) is 8.29. The Morgan fingerprint density at radius 3 is 2.67 bits per heavy atom. The summed E-state index contributed by atoms with van der Waals surface area (Å²) in [5.74, 6) is 1.34. The molecule has 6 heteroatoms. The third-order valence-electron chi connectivity index (χ3n) is 4.40. The SMILES string of the molecule is COc1ccc(CCNC(=O)[C@@H]2CCCN(C(C)=O)C2)cc1OC. The molecule has 0 saturated carbocycles. The lowest BCUT2D eigenvalue weighted by atomic mass is 9.97. The number of hydrogen-bond acceptors (Lipinski definition) is 4. The van der Waals surface area contributed by atoms with Crippen LogP contribution in [-0.4, -0.2) is 50.6 Å². The van der Waals surface area contributed by atoms with E-state index in [1.807, 2.05) is 18.2 Å². The second-order valence-electron chi connectivity index (χ2n) is 6.03.